The number of hydrogen-bond donors (Lipinski definition) is 1. The molecular weight excluding hydrogens is 200 g/mol. The van der Waals surface area contributed by atoms with Crippen LogP contribution < -0.4 is 0 Å². The lowest BCUT2D eigenvalue weighted by Gasteiger charge is -2.04. The van der Waals surface area contributed by atoms with Crippen LogP contribution in [0.5, 0.6) is 0 Å². The van der Waals surface area contributed by atoms with E-state index in [0.29, 0.717) is 11.5 Å². The third kappa shape index (κ3) is 2.25. The van der Waals surface area contributed by atoms with Crippen molar-refractivity contribution in [3.05, 3.63) is 47.3 Å². The molecule has 82 valence electrons. The van der Waals surface area contributed by atoms with Crippen molar-refractivity contribution >= 4 is 0 Å². The van der Waals surface area contributed by atoms with Gasteiger partial charge in [0.1, 0.15) is 0 Å². The summed E-state index contributed by atoms with van der Waals surface area (Å²) in [6.45, 7) is 3.89. The molecule has 0 aliphatic heterocycles. The summed E-state index contributed by atoms with van der Waals surface area (Å²) in [6, 6.07) is 9.83. The van der Waals surface area contributed by atoms with Crippen molar-refractivity contribution < 1.29 is 5.11 Å². The minimum absolute atomic E-state index is 0.0534. The van der Waals surface area contributed by atoms with Gasteiger partial charge in [0.2, 0.25) is 0 Å². The molecule has 1 aromatic carbocycles. The van der Waals surface area contributed by atoms with Crippen LogP contribution in [0, 0.1) is 13.8 Å². The van der Waals surface area contributed by atoms with Crippen LogP contribution >= 0.6 is 0 Å². The number of aliphatic hydroxyl groups excluding tert-OH is 1. The number of aliphatic hydroxyl groups is 1. The molecule has 2 rings (SSSR count). The molecule has 0 radical (unpaired) electrons. The second-order valence-corrected chi connectivity index (χ2v) is 3.85. The molecule has 0 saturated heterocycles. The number of rotatable bonds is 2. The molecule has 16 heavy (non-hydrogen) atoms. The fourth-order valence-electron chi connectivity index (χ4n) is 1.55. The van der Waals surface area contributed by atoms with Crippen LogP contribution in [0.2, 0.25) is 0 Å². The lowest BCUT2D eigenvalue weighted by atomic mass is 10.1. The third-order valence-corrected chi connectivity index (χ3v) is 2.38. The molecule has 0 spiro atoms. The average Bonchev–Trinajstić information content (AvgIpc) is 2.29. The molecule has 0 amide bonds. The number of aryl methyl sites for hydroxylation is 2. The van der Waals surface area contributed by atoms with Crippen molar-refractivity contribution in [3.63, 3.8) is 0 Å². The summed E-state index contributed by atoms with van der Waals surface area (Å²) < 4.78 is 0. The van der Waals surface area contributed by atoms with Gasteiger partial charge in [-0.2, -0.15) is 0 Å². The molecule has 3 heteroatoms. The number of benzene rings is 1. The number of aromatic nitrogens is 2. The molecule has 0 aliphatic carbocycles. The second-order valence-electron chi connectivity index (χ2n) is 3.85. The fraction of sp³-hybridized carbons (Fsp3) is 0.231. The van der Waals surface area contributed by atoms with Crippen LogP contribution in [-0.4, -0.2) is 15.1 Å². The Hall–Kier alpha value is -1.74. The molecule has 1 N–H and O–H groups in total. The summed E-state index contributed by atoms with van der Waals surface area (Å²) in [5.74, 6) is 0.670. The Morgan fingerprint density at radius 2 is 1.75 bits per heavy atom. The highest BCUT2D eigenvalue weighted by molar-refractivity contribution is 5.55. The minimum atomic E-state index is -0.0534. The lowest BCUT2D eigenvalue weighted by Crippen LogP contribution is -1.97. The van der Waals surface area contributed by atoms with Crippen molar-refractivity contribution in [1.82, 2.24) is 9.97 Å². The van der Waals surface area contributed by atoms with Crippen LogP contribution in [-0.2, 0) is 6.61 Å². The van der Waals surface area contributed by atoms with Crippen molar-refractivity contribution in [2.24, 2.45) is 0 Å². The predicted octanol–water partition coefficient (Wildman–Crippen LogP) is 2.25. The van der Waals surface area contributed by atoms with E-state index in [1.54, 1.807) is 6.07 Å². The highest BCUT2D eigenvalue weighted by atomic mass is 16.3. The number of nitrogens with zero attached hydrogens (tertiary/aromatic N) is 2. The maximum atomic E-state index is 9.09. The normalized spacial score (nSPS) is 10.4. The van der Waals surface area contributed by atoms with Gasteiger partial charge < -0.3 is 5.11 Å². The molecule has 1 heterocycles. The zero-order chi connectivity index (χ0) is 11.5. The van der Waals surface area contributed by atoms with Gasteiger partial charge >= 0.3 is 0 Å². The molecule has 1 aromatic heterocycles. The number of hydrogen-bond acceptors (Lipinski definition) is 3. The molecule has 0 bridgehead atoms. The zero-order valence-electron chi connectivity index (χ0n) is 9.44. The first-order valence-electron chi connectivity index (χ1n) is 5.21. The van der Waals surface area contributed by atoms with Gasteiger partial charge in [-0.1, -0.05) is 29.8 Å². The summed E-state index contributed by atoms with van der Waals surface area (Å²) >= 11 is 0. The summed E-state index contributed by atoms with van der Waals surface area (Å²) in [6.07, 6.45) is 0. The Morgan fingerprint density at radius 3 is 2.38 bits per heavy atom. The van der Waals surface area contributed by atoms with Crippen molar-refractivity contribution in [2.45, 2.75) is 20.5 Å². The van der Waals surface area contributed by atoms with Crippen LogP contribution in [0.1, 0.15) is 17.0 Å². The van der Waals surface area contributed by atoms with Crippen LogP contribution in [0.3, 0.4) is 0 Å². The van der Waals surface area contributed by atoms with Crippen LogP contribution in [0.4, 0.5) is 0 Å². The van der Waals surface area contributed by atoms with Gasteiger partial charge in [-0.25, -0.2) is 9.97 Å². The van der Waals surface area contributed by atoms with Crippen LogP contribution in [0.15, 0.2) is 30.3 Å². The predicted molar refractivity (Wildman–Crippen MR) is 62.9 cm³/mol. The van der Waals surface area contributed by atoms with Gasteiger partial charge in [-0.15, -0.1) is 0 Å². The molecular formula is C13H14N2O. The van der Waals surface area contributed by atoms with E-state index >= 15 is 0 Å². The van der Waals surface area contributed by atoms with E-state index < -0.39 is 0 Å². The first kappa shape index (κ1) is 10.8. The van der Waals surface area contributed by atoms with E-state index in [1.165, 1.54) is 5.56 Å². The van der Waals surface area contributed by atoms with Crippen molar-refractivity contribution in [3.8, 4) is 11.4 Å². The Balaban J connectivity index is 2.47. The van der Waals surface area contributed by atoms with Gasteiger partial charge in [0.25, 0.3) is 0 Å². The van der Waals surface area contributed by atoms with Gasteiger partial charge in [0.15, 0.2) is 5.82 Å². The molecule has 2 aromatic rings. The van der Waals surface area contributed by atoms with Gasteiger partial charge in [-0.05, 0) is 19.9 Å². The SMILES string of the molecule is Cc1ccc(-c2nc(C)cc(CO)n2)cc1. The summed E-state index contributed by atoms with van der Waals surface area (Å²) in [5.41, 5.74) is 3.71. The van der Waals surface area contributed by atoms with Gasteiger partial charge in [-0.3, -0.25) is 0 Å². The van der Waals surface area contributed by atoms with Crippen LogP contribution in [0.25, 0.3) is 11.4 Å². The Bertz CT molecular complexity index is 492. The highest BCUT2D eigenvalue weighted by Crippen LogP contribution is 2.16. The molecule has 0 saturated carbocycles. The Kier molecular flexibility index (Phi) is 2.97. The summed E-state index contributed by atoms with van der Waals surface area (Å²) in [7, 11) is 0. The molecule has 0 aliphatic rings. The molecule has 0 fully saturated rings. The van der Waals surface area contributed by atoms with E-state index in [0.717, 1.165) is 11.3 Å². The zero-order valence-corrected chi connectivity index (χ0v) is 9.44. The maximum Gasteiger partial charge on any atom is 0.159 e. The summed E-state index contributed by atoms with van der Waals surface area (Å²) in [5, 5.41) is 9.09. The topological polar surface area (TPSA) is 46.0 Å². The first-order chi connectivity index (χ1) is 7.69. The Labute approximate surface area is 94.8 Å². The first-order valence-corrected chi connectivity index (χ1v) is 5.21. The Morgan fingerprint density at radius 1 is 1.06 bits per heavy atom. The molecule has 0 atom stereocenters. The van der Waals surface area contributed by atoms with E-state index in [9.17, 15) is 0 Å². The third-order valence-electron chi connectivity index (χ3n) is 2.38. The van der Waals surface area contributed by atoms with Crippen molar-refractivity contribution in [2.75, 3.05) is 0 Å². The van der Waals surface area contributed by atoms with E-state index in [1.807, 2.05) is 38.1 Å². The quantitative estimate of drug-likeness (QED) is 0.834. The highest BCUT2D eigenvalue weighted by Gasteiger charge is 2.03. The molecule has 3 nitrogen and oxygen atoms in total. The fourth-order valence-corrected chi connectivity index (χ4v) is 1.55. The maximum absolute atomic E-state index is 9.09. The van der Waals surface area contributed by atoms with Crippen molar-refractivity contribution in [1.29, 1.82) is 0 Å². The standard InChI is InChI=1S/C13H14N2O/c1-9-3-5-11(6-4-9)13-14-10(2)7-12(8-16)15-13/h3-7,16H,8H2,1-2H3. The van der Waals surface area contributed by atoms with E-state index in [2.05, 4.69) is 9.97 Å². The second kappa shape index (κ2) is 4.41. The molecule has 0 unspecified atom stereocenters. The van der Waals surface area contributed by atoms with Gasteiger partial charge in [0.05, 0.1) is 12.3 Å². The minimum Gasteiger partial charge on any atom is -0.390 e. The van der Waals surface area contributed by atoms with Gasteiger partial charge in [0, 0.05) is 11.3 Å². The average molecular weight is 214 g/mol. The monoisotopic (exact) mass is 214 g/mol. The van der Waals surface area contributed by atoms with E-state index in [-0.39, 0.29) is 6.61 Å². The van der Waals surface area contributed by atoms with E-state index in [4.69, 9.17) is 5.11 Å². The lowest BCUT2D eigenvalue weighted by molar-refractivity contribution is 0.276. The summed E-state index contributed by atoms with van der Waals surface area (Å²) in [4.78, 5) is 8.65. The smallest absolute Gasteiger partial charge is 0.159 e. The largest absolute Gasteiger partial charge is 0.390 e.